The first kappa shape index (κ1) is 13.2. The van der Waals surface area contributed by atoms with Gasteiger partial charge in [0.15, 0.2) is 0 Å². The van der Waals surface area contributed by atoms with E-state index in [0.717, 1.165) is 18.9 Å². The van der Waals surface area contributed by atoms with Crippen LogP contribution in [-0.4, -0.2) is 18.3 Å². The van der Waals surface area contributed by atoms with Crippen LogP contribution < -0.4 is 5.32 Å². The summed E-state index contributed by atoms with van der Waals surface area (Å²) in [5, 5.41) is 3.05. The largest absolute Gasteiger partial charge is 0.356 e. The summed E-state index contributed by atoms with van der Waals surface area (Å²) in [6.45, 7) is 0.792. The van der Waals surface area contributed by atoms with Crippen LogP contribution in [0.3, 0.4) is 0 Å². The van der Waals surface area contributed by atoms with E-state index >= 15 is 0 Å². The van der Waals surface area contributed by atoms with E-state index in [1.165, 1.54) is 44.9 Å². The van der Waals surface area contributed by atoms with E-state index in [4.69, 9.17) is 11.6 Å². The fraction of sp³-hybridized carbons (Fsp3) is 0.929. The maximum atomic E-state index is 11.7. The predicted molar refractivity (Wildman–Crippen MR) is 71.2 cm³/mol. The van der Waals surface area contributed by atoms with Crippen LogP contribution in [0, 0.1) is 11.3 Å². The van der Waals surface area contributed by atoms with E-state index in [1.54, 1.807) is 0 Å². The van der Waals surface area contributed by atoms with E-state index in [1.807, 2.05) is 0 Å². The van der Waals surface area contributed by atoms with Crippen LogP contribution in [0.15, 0.2) is 0 Å². The molecule has 0 spiro atoms. The van der Waals surface area contributed by atoms with Gasteiger partial charge in [0.05, 0.1) is 0 Å². The van der Waals surface area contributed by atoms with E-state index in [-0.39, 0.29) is 11.3 Å². The summed E-state index contributed by atoms with van der Waals surface area (Å²) in [7, 11) is 0. The maximum absolute atomic E-state index is 11.7. The van der Waals surface area contributed by atoms with Crippen molar-refractivity contribution in [1.29, 1.82) is 0 Å². The molecule has 2 rings (SSSR count). The van der Waals surface area contributed by atoms with Crippen molar-refractivity contribution in [2.75, 3.05) is 12.4 Å². The third-order valence-electron chi connectivity index (χ3n) is 4.41. The van der Waals surface area contributed by atoms with Crippen LogP contribution in [0.1, 0.15) is 57.8 Å². The summed E-state index contributed by atoms with van der Waals surface area (Å²) in [5.74, 6) is 1.72. The molecule has 1 amide bonds. The minimum absolute atomic E-state index is 0.229. The molecular weight excluding hydrogens is 234 g/mol. The molecule has 0 heterocycles. The normalized spacial score (nSPS) is 23.4. The Morgan fingerprint density at radius 1 is 1.24 bits per heavy atom. The number of hydrogen-bond donors (Lipinski definition) is 1. The Bertz CT molecular complexity index is 257. The predicted octanol–water partition coefficient (Wildman–Crippen LogP) is 3.48. The van der Waals surface area contributed by atoms with Gasteiger partial charge in [0.2, 0.25) is 5.91 Å². The van der Waals surface area contributed by atoms with Crippen molar-refractivity contribution >= 4 is 17.5 Å². The molecule has 0 aromatic rings. The zero-order chi connectivity index (χ0) is 12.1. The first-order chi connectivity index (χ1) is 8.24. The van der Waals surface area contributed by atoms with Gasteiger partial charge in [0.1, 0.15) is 0 Å². The molecule has 0 bridgehead atoms. The first-order valence-corrected chi connectivity index (χ1v) is 7.60. The summed E-state index contributed by atoms with van der Waals surface area (Å²) in [6, 6.07) is 0. The highest BCUT2D eigenvalue weighted by Gasteiger charge is 2.41. The average Bonchev–Trinajstić information content (AvgIpc) is 3.16. The van der Waals surface area contributed by atoms with Gasteiger partial charge in [0, 0.05) is 24.3 Å². The van der Waals surface area contributed by atoms with Gasteiger partial charge < -0.3 is 5.32 Å². The zero-order valence-corrected chi connectivity index (χ0v) is 11.4. The molecule has 2 saturated carbocycles. The van der Waals surface area contributed by atoms with Crippen molar-refractivity contribution in [3.8, 4) is 0 Å². The number of carbonyl (C=O) groups excluding carboxylic acids is 1. The highest BCUT2D eigenvalue weighted by Crippen LogP contribution is 2.45. The second kappa shape index (κ2) is 6.08. The van der Waals surface area contributed by atoms with E-state index in [2.05, 4.69) is 5.32 Å². The van der Waals surface area contributed by atoms with Gasteiger partial charge in [-0.3, -0.25) is 4.79 Å². The Morgan fingerprint density at radius 3 is 2.53 bits per heavy atom. The highest BCUT2D eigenvalue weighted by molar-refractivity contribution is 6.18. The number of carbonyl (C=O) groups is 1. The van der Waals surface area contributed by atoms with Gasteiger partial charge in [-0.25, -0.2) is 0 Å². The van der Waals surface area contributed by atoms with E-state index in [0.29, 0.717) is 12.3 Å². The third kappa shape index (κ3) is 4.17. The smallest absolute Gasteiger partial charge is 0.220 e. The van der Waals surface area contributed by atoms with Crippen molar-refractivity contribution in [3.05, 3.63) is 0 Å². The molecule has 0 radical (unpaired) electrons. The zero-order valence-electron chi connectivity index (χ0n) is 10.6. The Balaban J connectivity index is 1.57. The molecule has 1 N–H and O–H groups in total. The molecule has 0 aliphatic heterocycles. The molecule has 0 aromatic carbocycles. The molecule has 3 heteroatoms. The minimum atomic E-state index is 0.229. The van der Waals surface area contributed by atoms with E-state index in [9.17, 15) is 4.79 Å². The fourth-order valence-electron chi connectivity index (χ4n) is 2.72. The van der Waals surface area contributed by atoms with Crippen molar-refractivity contribution in [2.24, 2.45) is 11.3 Å². The number of amides is 1. The second-order valence-electron chi connectivity index (χ2n) is 5.95. The topological polar surface area (TPSA) is 29.1 Å². The Hall–Kier alpha value is -0.240. The molecule has 0 unspecified atom stereocenters. The number of hydrogen-bond acceptors (Lipinski definition) is 1. The third-order valence-corrected chi connectivity index (χ3v) is 4.97. The van der Waals surface area contributed by atoms with Gasteiger partial charge in [-0.05, 0) is 25.2 Å². The lowest BCUT2D eigenvalue weighted by Gasteiger charge is -2.21. The second-order valence-corrected chi connectivity index (χ2v) is 6.22. The molecule has 98 valence electrons. The number of rotatable bonds is 6. The Kier molecular flexibility index (Phi) is 4.72. The number of halogens is 1. The first-order valence-electron chi connectivity index (χ1n) is 7.07. The van der Waals surface area contributed by atoms with Crippen molar-refractivity contribution in [1.82, 2.24) is 5.32 Å². The van der Waals surface area contributed by atoms with Crippen LogP contribution >= 0.6 is 11.6 Å². The summed E-state index contributed by atoms with van der Waals surface area (Å²) in [4.78, 5) is 11.7. The maximum Gasteiger partial charge on any atom is 0.220 e. The van der Waals surface area contributed by atoms with Crippen LogP contribution in [-0.2, 0) is 4.79 Å². The number of nitrogens with one attached hydrogen (secondary N) is 1. The molecular formula is C14H24ClNO. The fourth-order valence-corrected chi connectivity index (χ4v) is 3.08. The summed E-state index contributed by atoms with van der Waals surface area (Å²) < 4.78 is 0. The molecule has 2 aliphatic carbocycles. The van der Waals surface area contributed by atoms with Crippen LogP contribution in [0.2, 0.25) is 0 Å². The van der Waals surface area contributed by atoms with Crippen LogP contribution in [0.4, 0.5) is 0 Å². The molecule has 17 heavy (non-hydrogen) atoms. The van der Waals surface area contributed by atoms with Gasteiger partial charge in [-0.1, -0.05) is 32.1 Å². The van der Waals surface area contributed by atoms with Gasteiger partial charge in [0.25, 0.3) is 0 Å². The highest BCUT2D eigenvalue weighted by atomic mass is 35.5. The Labute approximate surface area is 109 Å². The minimum Gasteiger partial charge on any atom is -0.356 e. The lowest BCUT2D eigenvalue weighted by molar-refractivity contribution is -0.121. The molecule has 2 aliphatic rings. The molecule has 2 nitrogen and oxygen atoms in total. The average molecular weight is 258 g/mol. The molecule has 0 aromatic heterocycles. The number of alkyl halides is 1. The van der Waals surface area contributed by atoms with Crippen molar-refractivity contribution in [2.45, 2.75) is 57.8 Å². The van der Waals surface area contributed by atoms with Crippen LogP contribution in [0.5, 0.6) is 0 Å². The Morgan fingerprint density at radius 2 is 1.94 bits per heavy atom. The standard InChI is InChI=1S/C14H24ClNO/c15-10-14(8-9-14)11-16-13(17)7-6-12-4-2-1-3-5-12/h12H,1-11H2,(H,16,17). The molecule has 0 saturated heterocycles. The monoisotopic (exact) mass is 257 g/mol. The lowest BCUT2D eigenvalue weighted by Crippen LogP contribution is -2.31. The molecule has 0 atom stereocenters. The molecule has 2 fully saturated rings. The van der Waals surface area contributed by atoms with Gasteiger partial charge in [-0.15, -0.1) is 11.6 Å². The lowest BCUT2D eigenvalue weighted by atomic mass is 9.86. The summed E-state index contributed by atoms with van der Waals surface area (Å²) in [5.41, 5.74) is 0.252. The summed E-state index contributed by atoms with van der Waals surface area (Å²) >= 11 is 5.89. The van der Waals surface area contributed by atoms with E-state index < -0.39 is 0 Å². The van der Waals surface area contributed by atoms with Crippen LogP contribution in [0.25, 0.3) is 0 Å². The van der Waals surface area contributed by atoms with Crippen molar-refractivity contribution in [3.63, 3.8) is 0 Å². The SMILES string of the molecule is O=C(CCC1CCCCC1)NCC1(CCl)CC1. The van der Waals surface area contributed by atoms with Gasteiger partial charge in [-0.2, -0.15) is 0 Å². The van der Waals surface area contributed by atoms with Crippen molar-refractivity contribution < 1.29 is 4.79 Å². The van der Waals surface area contributed by atoms with Gasteiger partial charge >= 0.3 is 0 Å². The summed E-state index contributed by atoms with van der Waals surface area (Å²) in [6.07, 6.45) is 10.9. The quantitative estimate of drug-likeness (QED) is 0.726.